The molecule has 0 aliphatic heterocycles. The molecule has 120 valence electrons. The summed E-state index contributed by atoms with van der Waals surface area (Å²) in [5.41, 5.74) is 2.22. The maximum Gasteiger partial charge on any atom is 0.308 e. The molecule has 0 aromatic heterocycles. The molecule has 0 bridgehead atoms. The van der Waals surface area contributed by atoms with Crippen molar-refractivity contribution >= 4 is 11.9 Å². The number of nitrogens with one attached hydrogen (secondary N) is 1. The zero-order valence-corrected chi connectivity index (χ0v) is 13.2. The van der Waals surface area contributed by atoms with Crippen molar-refractivity contribution < 1.29 is 14.7 Å². The van der Waals surface area contributed by atoms with Crippen LogP contribution in [-0.2, 0) is 22.4 Å². The molecule has 1 aromatic rings. The smallest absolute Gasteiger partial charge is 0.308 e. The molecule has 22 heavy (non-hydrogen) atoms. The van der Waals surface area contributed by atoms with E-state index in [1.807, 2.05) is 24.3 Å². The van der Waals surface area contributed by atoms with Crippen molar-refractivity contribution in [2.24, 2.45) is 5.92 Å². The average Bonchev–Trinajstić information content (AvgIpc) is 2.73. The largest absolute Gasteiger partial charge is 0.481 e. The van der Waals surface area contributed by atoms with Gasteiger partial charge in [-0.1, -0.05) is 50.5 Å². The second kappa shape index (κ2) is 7.97. The molecule has 0 radical (unpaired) electrons. The van der Waals surface area contributed by atoms with Gasteiger partial charge in [0.15, 0.2) is 0 Å². The lowest BCUT2D eigenvalue weighted by atomic mass is 9.94. The quantitative estimate of drug-likeness (QED) is 0.822. The van der Waals surface area contributed by atoms with Gasteiger partial charge in [-0.3, -0.25) is 9.59 Å². The Morgan fingerprint density at radius 3 is 2.36 bits per heavy atom. The number of amides is 1. The Morgan fingerprint density at radius 1 is 1.09 bits per heavy atom. The highest BCUT2D eigenvalue weighted by Crippen LogP contribution is 2.24. The monoisotopic (exact) mass is 303 g/mol. The zero-order chi connectivity index (χ0) is 15.9. The number of hydrogen-bond acceptors (Lipinski definition) is 2. The normalized spacial score (nSPS) is 21.9. The summed E-state index contributed by atoms with van der Waals surface area (Å²) in [6.45, 7) is 2.10. The van der Waals surface area contributed by atoms with Crippen molar-refractivity contribution in [2.45, 2.75) is 57.9 Å². The van der Waals surface area contributed by atoms with Crippen LogP contribution in [0.3, 0.4) is 0 Å². The molecular formula is C18H25NO3. The van der Waals surface area contributed by atoms with Crippen LogP contribution in [0.15, 0.2) is 24.3 Å². The fourth-order valence-electron chi connectivity index (χ4n) is 3.11. The van der Waals surface area contributed by atoms with Crippen LogP contribution >= 0.6 is 0 Å². The van der Waals surface area contributed by atoms with Crippen LogP contribution in [0, 0.1) is 5.92 Å². The summed E-state index contributed by atoms with van der Waals surface area (Å²) in [5, 5.41) is 12.3. The molecular weight excluding hydrogens is 278 g/mol. The number of hydrogen-bond donors (Lipinski definition) is 2. The van der Waals surface area contributed by atoms with Crippen LogP contribution in [0.2, 0.25) is 0 Å². The van der Waals surface area contributed by atoms with E-state index < -0.39 is 11.9 Å². The van der Waals surface area contributed by atoms with Crippen LogP contribution in [0.5, 0.6) is 0 Å². The maximum atomic E-state index is 12.2. The van der Waals surface area contributed by atoms with E-state index in [9.17, 15) is 14.7 Å². The number of carbonyl (C=O) groups is 2. The van der Waals surface area contributed by atoms with E-state index in [-0.39, 0.29) is 11.9 Å². The zero-order valence-electron chi connectivity index (χ0n) is 13.2. The summed E-state index contributed by atoms with van der Waals surface area (Å²) in [5.74, 6) is -1.32. The van der Waals surface area contributed by atoms with E-state index >= 15 is 0 Å². The van der Waals surface area contributed by atoms with Crippen molar-refractivity contribution in [3.63, 3.8) is 0 Å². The first-order valence-electron chi connectivity index (χ1n) is 8.20. The highest BCUT2D eigenvalue weighted by molar-refractivity contribution is 5.80. The molecule has 1 aromatic carbocycles. The Labute approximate surface area is 131 Å². The third-order valence-electron chi connectivity index (χ3n) is 4.48. The van der Waals surface area contributed by atoms with Gasteiger partial charge < -0.3 is 10.4 Å². The van der Waals surface area contributed by atoms with Crippen LogP contribution < -0.4 is 5.32 Å². The molecule has 0 spiro atoms. The number of aliphatic carboxylic acids is 1. The standard InChI is InChI=1S/C18H25NO3/c1-2-13-8-10-14(11-9-13)12-17(20)19-16-7-5-3-4-6-15(16)18(21)22/h8-11,15-16H,2-7,12H2,1H3,(H,19,20)(H,21,22)/t15-,16+/m1/s1. The molecule has 1 fully saturated rings. The van der Waals surface area contributed by atoms with Gasteiger partial charge in [-0.25, -0.2) is 0 Å². The van der Waals surface area contributed by atoms with E-state index in [4.69, 9.17) is 0 Å². The van der Waals surface area contributed by atoms with Gasteiger partial charge in [0.1, 0.15) is 0 Å². The average molecular weight is 303 g/mol. The topological polar surface area (TPSA) is 66.4 Å². The van der Waals surface area contributed by atoms with E-state index in [1.165, 1.54) is 5.56 Å². The molecule has 4 heteroatoms. The molecule has 0 unspecified atom stereocenters. The predicted octanol–water partition coefficient (Wildman–Crippen LogP) is 2.94. The maximum absolute atomic E-state index is 12.2. The summed E-state index contributed by atoms with van der Waals surface area (Å²) in [7, 11) is 0. The van der Waals surface area contributed by atoms with Crippen molar-refractivity contribution in [3.8, 4) is 0 Å². The molecule has 4 nitrogen and oxygen atoms in total. The number of carboxylic acid groups (broad SMARTS) is 1. The van der Waals surface area contributed by atoms with Crippen LogP contribution in [0.1, 0.15) is 50.2 Å². The second-order valence-electron chi connectivity index (χ2n) is 6.10. The van der Waals surface area contributed by atoms with Crippen LogP contribution in [-0.4, -0.2) is 23.0 Å². The predicted molar refractivity (Wildman–Crippen MR) is 85.7 cm³/mol. The van der Waals surface area contributed by atoms with E-state index in [2.05, 4.69) is 12.2 Å². The number of rotatable bonds is 5. The van der Waals surface area contributed by atoms with Gasteiger partial charge in [0.05, 0.1) is 12.3 Å². The second-order valence-corrected chi connectivity index (χ2v) is 6.10. The Balaban J connectivity index is 1.95. The minimum atomic E-state index is -0.792. The van der Waals surface area contributed by atoms with E-state index in [0.717, 1.165) is 37.7 Å². The van der Waals surface area contributed by atoms with Crippen molar-refractivity contribution in [3.05, 3.63) is 35.4 Å². The number of benzene rings is 1. The summed E-state index contributed by atoms with van der Waals surface area (Å²) >= 11 is 0. The van der Waals surface area contributed by atoms with E-state index in [1.54, 1.807) is 0 Å². The van der Waals surface area contributed by atoms with Gasteiger partial charge in [0, 0.05) is 6.04 Å². The number of carbonyl (C=O) groups excluding carboxylic acids is 1. The molecule has 2 rings (SSSR count). The molecule has 1 aliphatic carbocycles. The summed E-state index contributed by atoms with van der Waals surface area (Å²) in [6.07, 6.45) is 5.68. The summed E-state index contributed by atoms with van der Waals surface area (Å²) in [4.78, 5) is 23.6. The minimum absolute atomic E-state index is 0.0811. The lowest BCUT2D eigenvalue weighted by molar-refractivity contribution is -0.143. The molecule has 1 aliphatic rings. The fourth-order valence-corrected chi connectivity index (χ4v) is 3.11. The third-order valence-corrected chi connectivity index (χ3v) is 4.48. The first-order valence-corrected chi connectivity index (χ1v) is 8.20. The van der Waals surface area contributed by atoms with Crippen LogP contribution in [0.4, 0.5) is 0 Å². The van der Waals surface area contributed by atoms with Gasteiger partial charge in [0.2, 0.25) is 5.91 Å². The van der Waals surface area contributed by atoms with Crippen molar-refractivity contribution in [1.29, 1.82) is 0 Å². The molecule has 2 atom stereocenters. The van der Waals surface area contributed by atoms with Gasteiger partial charge >= 0.3 is 5.97 Å². The summed E-state index contributed by atoms with van der Waals surface area (Å²) < 4.78 is 0. The van der Waals surface area contributed by atoms with Gasteiger partial charge in [-0.15, -0.1) is 0 Å². The first kappa shape index (κ1) is 16.5. The molecule has 2 N–H and O–H groups in total. The Hall–Kier alpha value is -1.84. The Kier molecular flexibility index (Phi) is 5.99. The summed E-state index contributed by atoms with van der Waals surface area (Å²) in [6, 6.07) is 7.78. The number of carboxylic acids is 1. The van der Waals surface area contributed by atoms with E-state index in [0.29, 0.717) is 12.8 Å². The Morgan fingerprint density at radius 2 is 1.73 bits per heavy atom. The fraction of sp³-hybridized carbons (Fsp3) is 0.556. The lowest BCUT2D eigenvalue weighted by Crippen LogP contribution is -2.43. The molecule has 1 amide bonds. The SMILES string of the molecule is CCc1ccc(CC(=O)N[C@H]2CCCCC[C@H]2C(=O)O)cc1. The highest BCUT2D eigenvalue weighted by atomic mass is 16.4. The highest BCUT2D eigenvalue weighted by Gasteiger charge is 2.30. The van der Waals surface area contributed by atoms with Gasteiger partial charge in [-0.05, 0) is 30.4 Å². The number of aryl methyl sites for hydroxylation is 1. The molecule has 0 saturated heterocycles. The molecule has 1 saturated carbocycles. The van der Waals surface area contributed by atoms with Crippen molar-refractivity contribution in [2.75, 3.05) is 0 Å². The first-order chi connectivity index (χ1) is 10.6. The van der Waals surface area contributed by atoms with Gasteiger partial charge in [-0.2, -0.15) is 0 Å². The minimum Gasteiger partial charge on any atom is -0.481 e. The van der Waals surface area contributed by atoms with Crippen molar-refractivity contribution in [1.82, 2.24) is 5.32 Å². The Bertz CT molecular complexity index is 510. The lowest BCUT2D eigenvalue weighted by Gasteiger charge is -2.22. The van der Waals surface area contributed by atoms with Crippen LogP contribution in [0.25, 0.3) is 0 Å². The molecule has 0 heterocycles. The van der Waals surface area contributed by atoms with Gasteiger partial charge in [0.25, 0.3) is 0 Å². The third kappa shape index (κ3) is 4.58.